The maximum absolute atomic E-state index is 4.15. The van der Waals surface area contributed by atoms with Crippen LogP contribution >= 0.6 is 0 Å². The number of rotatable bonds is 2. The van der Waals surface area contributed by atoms with Crippen LogP contribution in [-0.4, -0.2) is 21.5 Å². The fourth-order valence-electron chi connectivity index (χ4n) is 5.35. The quantitative estimate of drug-likeness (QED) is 0.304. The van der Waals surface area contributed by atoms with E-state index in [-0.39, 0.29) is 41.1 Å². The third kappa shape index (κ3) is 4.16. The second-order valence-corrected chi connectivity index (χ2v) is 13.2. The van der Waals surface area contributed by atoms with Crippen LogP contribution in [0.25, 0.3) is 22.4 Å². The van der Waals surface area contributed by atoms with Crippen LogP contribution in [0.2, 0.25) is 18.1 Å². The van der Waals surface area contributed by atoms with E-state index in [9.17, 15) is 0 Å². The van der Waals surface area contributed by atoms with Crippen LogP contribution in [-0.2, 0) is 46.2 Å². The smallest absolute Gasteiger partial charge is 0.161 e. The van der Waals surface area contributed by atoms with Gasteiger partial charge in [-0.05, 0) is 24.1 Å². The van der Waals surface area contributed by atoms with Crippen LogP contribution in [0.1, 0.15) is 30.4 Å². The van der Waals surface area contributed by atoms with Crippen molar-refractivity contribution < 1.29 is 37.3 Å². The molecule has 30 heavy (non-hydrogen) atoms. The van der Waals surface area contributed by atoms with E-state index in [0.717, 1.165) is 11.1 Å². The minimum atomic E-state index is -1.22. The van der Waals surface area contributed by atoms with Gasteiger partial charge in [-0.2, -0.15) is 29.3 Å². The van der Waals surface area contributed by atoms with Crippen LogP contribution in [0.15, 0.2) is 42.7 Å². The Hall–Kier alpha value is -1.09. The molecule has 4 heterocycles. The van der Waals surface area contributed by atoms with Crippen molar-refractivity contribution in [3.05, 3.63) is 66.1 Å². The Balaban J connectivity index is 0.00000128. The summed E-state index contributed by atoms with van der Waals surface area (Å²) >= 11 is 0. The van der Waals surface area contributed by atoms with E-state index in [1.807, 2.05) is 6.07 Å². The van der Waals surface area contributed by atoms with Gasteiger partial charge in [-0.1, -0.05) is 56.2 Å². The van der Waals surface area contributed by atoms with Gasteiger partial charge in [-0.3, -0.25) is 0 Å². The van der Waals surface area contributed by atoms with Gasteiger partial charge >= 0.3 is 0 Å². The number of nitrogens with zero attached hydrogens (tertiary/aromatic N) is 2. The van der Waals surface area contributed by atoms with Crippen molar-refractivity contribution in [2.75, 3.05) is 0 Å². The first kappa shape index (κ1) is 23.6. The van der Waals surface area contributed by atoms with Crippen molar-refractivity contribution in [1.29, 1.82) is 0 Å². The molecule has 2 aromatic heterocycles. The van der Waals surface area contributed by atoms with Crippen molar-refractivity contribution in [3.8, 4) is 22.4 Å². The topological polar surface area (TPSA) is 16.8 Å². The average Bonchev–Trinajstić information content (AvgIpc) is 3.06. The van der Waals surface area contributed by atoms with E-state index >= 15 is 0 Å². The first-order valence-corrected chi connectivity index (χ1v) is 13.2. The van der Waals surface area contributed by atoms with E-state index in [1.165, 1.54) is 60.6 Å². The molecule has 1 saturated heterocycles. The average molecular weight is 483 g/mol. The molecular formula is C25H27BN2SiY-. The largest absolute Gasteiger partial charge is 0.369 e. The number of fused-ring (bicyclic) bond motifs is 2. The summed E-state index contributed by atoms with van der Waals surface area (Å²) in [5.41, 5.74) is 7.43. The molecule has 2 aliphatic heterocycles. The van der Waals surface area contributed by atoms with Gasteiger partial charge in [0, 0.05) is 46.3 Å². The molecule has 2 aliphatic rings. The Kier molecular flexibility index (Phi) is 7.53. The number of aryl methyl sites for hydroxylation is 3. The normalized spacial score (nSPS) is 16.5. The van der Waals surface area contributed by atoms with Gasteiger partial charge in [0.25, 0.3) is 0 Å². The fourth-order valence-corrected chi connectivity index (χ4v) is 10.9. The summed E-state index contributed by atoms with van der Waals surface area (Å²) in [4.78, 5) is 4.15. The van der Waals surface area contributed by atoms with Gasteiger partial charge in [0.15, 0.2) is 6.20 Å². The maximum atomic E-state index is 4.15. The first-order chi connectivity index (χ1) is 13.7. The van der Waals surface area contributed by atoms with Crippen LogP contribution in [0, 0.1) is 19.2 Å². The number of benzene rings is 1. The second kappa shape index (κ2) is 9.59. The van der Waals surface area contributed by atoms with E-state index in [4.69, 9.17) is 0 Å². The van der Waals surface area contributed by atoms with Crippen LogP contribution < -0.4 is 9.75 Å². The SMILES string of the molecule is Cc1ccc(-c2[c-]nccc2)[c-]c1-c1cc2c(c[n+]1C)[Si]1(CCCCC1)CC2.[B].[Y]. The molecule has 0 saturated carbocycles. The van der Waals surface area contributed by atoms with E-state index in [2.05, 4.69) is 66.2 Å². The molecule has 3 aromatic rings. The summed E-state index contributed by atoms with van der Waals surface area (Å²) < 4.78 is 2.36. The number of hydrogen-bond acceptors (Lipinski definition) is 1. The Labute approximate surface area is 209 Å². The molecule has 5 heteroatoms. The van der Waals surface area contributed by atoms with Crippen molar-refractivity contribution in [2.24, 2.45) is 7.05 Å². The Morgan fingerprint density at radius 3 is 2.57 bits per heavy atom. The predicted octanol–water partition coefficient (Wildman–Crippen LogP) is 4.16. The zero-order valence-electron chi connectivity index (χ0n) is 18.0. The minimum Gasteiger partial charge on any atom is -0.369 e. The molecule has 1 aromatic carbocycles. The molecule has 0 atom stereocenters. The predicted molar refractivity (Wildman–Crippen MR) is 122 cm³/mol. The number of hydrogen-bond donors (Lipinski definition) is 0. The fraction of sp³-hybridized carbons (Fsp3) is 0.360. The molecule has 4 radical (unpaired) electrons. The Morgan fingerprint density at radius 2 is 1.83 bits per heavy atom. The van der Waals surface area contributed by atoms with Gasteiger partial charge in [0.05, 0.1) is 8.07 Å². The summed E-state index contributed by atoms with van der Waals surface area (Å²) in [5, 5.41) is 1.76. The second-order valence-electron chi connectivity index (χ2n) is 8.64. The van der Waals surface area contributed by atoms with Crippen LogP contribution in [0.4, 0.5) is 0 Å². The van der Waals surface area contributed by atoms with Crippen LogP contribution in [0.3, 0.4) is 0 Å². The van der Waals surface area contributed by atoms with Gasteiger partial charge < -0.3 is 4.98 Å². The molecule has 0 amide bonds. The molecular weight excluding hydrogens is 456 g/mol. The molecule has 0 aliphatic carbocycles. The summed E-state index contributed by atoms with van der Waals surface area (Å²) in [6, 6.07) is 19.0. The van der Waals surface area contributed by atoms with Crippen molar-refractivity contribution >= 4 is 21.7 Å². The van der Waals surface area contributed by atoms with Gasteiger partial charge in [0.2, 0.25) is 0 Å². The van der Waals surface area contributed by atoms with E-state index < -0.39 is 8.07 Å². The molecule has 1 fully saturated rings. The molecule has 0 unspecified atom stereocenters. The Bertz CT molecular complexity index is 1030. The van der Waals surface area contributed by atoms with E-state index in [1.54, 1.807) is 16.9 Å². The first-order valence-electron chi connectivity index (χ1n) is 10.6. The molecule has 5 rings (SSSR count). The van der Waals surface area contributed by atoms with Gasteiger partial charge in [0.1, 0.15) is 12.7 Å². The summed E-state index contributed by atoms with van der Waals surface area (Å²) in [7, 11) is 1.00. The molecule has 1 spiro atoms. The third-order valence-electron chi connectivity index (χ3n) is 6.92. The molecule has 0 bridgehead atoms. The molecule has 0 N–H and O–H groups in total. The molecule has 2 nitrogen and oxygen atoms in total. The zero-order valence-corrected chi connectivity index (χ0v) is 21.9. The van der Waals surface area contributed by atoms with Crippen LogP contribution in [0.5, 0.6) is 0 Å². The van der Waals surface area contributed by atoms with E-state index in [0.29, 0.717) is 0 Å². The minimum absolute atomic E-state index is 0. The van der Waals surface area contributed by atoms with Crippen molar-refractivity contribution in [1.82, 2.24) is 4.98 Å². The van der Waals surface area contributed by atoms with Gasteiger partial charge in [-0.15, -0.1) is 17.7 Å². The summed E-state index contributed by atoms with van der Waals surface area (Å²) in [5.74, 6) is 0. The Morgan fingerprint density at radius 1 is 1.03 bits per heavy atom. The number of aromatic nitrogens is 2. The standard InChI is InChI=1S/C25H27N2Si.B.Y/c1-19-8-9-20(22-7-6-11-26-17-22)15-23(19)24-16-21-10-14-28(12-4-3-5-13-28)25(21)18-27(24)2;;/h6-9,11,16,18H,3-5,10,12-14H2,1-2H3;;/q-1;;. The third-order valence-corrected chi connectivity index (χ3v) is 12.3. The summed E-state index contributed by atoms with van der Waals surface area (Å²) in [6.45, 7) is 2.19. The van der Waals surface area contributed by atoms with Crippen molar-refractivity contribution in [2.45, 2.75) is 50.7 Å². The summed E-state index contributed by atoms with van der Waals surface area (Å²) in [6.07, 6.45) is 13.0. The molecule has 148 valence electrons. The van der Waals surface area contributed by atoms with Crippen molar-refractivity contribution in [3.63, 3.8) is 0 Å². The zero-order chi connectivity index (χ0) is 19.1. The maximum Gasteiger partial charge on any atom is 0.161 e. The monoisotopic (exact) mass is 483 g/mol. The number of pyridine rings is 2. The van der Waals surface area contributed by atoms with Gasteiger partial charge in [-0.25, -0.2) is 4.57 Å².